The summed E-state index contributed by atoms with van der Waals surface area (Å²) in [5.74, 6) is 0. The monoisotopic (exact) mass is 143 g/mol. The molecule has 0 rings (SSSR count). The highest BCUT2D eigenvalue weighted by atomic mass is 16.3. The molecule has 2 atom stereocenters. The van der Waals surface area contributed by atoms with E-state index in [9.17, 15) is 0 Å². The molecular weight excluding hydrogens is 126 g/mol. The molecule has 0 aromatic carbocycles. The molecule has 0 aliphatic carbocycles. The van der Waals surface area contributed by atoms with Gasteiger partial charge in [0.1, 0.15) is 0 Å². The van der Waals surface area contributed by atoms with Gasteiger partial charge in [0.05, 0.1) is 6.10 Å². The largest absolute Gasteiger partial charge is 0.389 e. The fraction of sp³-hybridized carbons (Fsp3) is 0.750. The van der Waals surface area contributed by atoms with Crippen LogP contribution in [-0.2, 0) is 0 Å². The first kappa shape index (κ1) is 9.66. The van der Waals surface area contributed by atoms with Crippen molar-refractivity contribution >= 4 is 0 Å². The predicted molar refractivity (Wildman–Crippen MR) is 44.0 cm³/mol. The van der Waals surface area contributed by atoms with Gasteiger partial charge in [0.25, 0.3) is 0 Å². The lowest BCUT2D eigenvalue weighted by Crippen LogP contribution is -2.22. The molecule has 0 amide bonds. The number of nitrogens with one attached hydrogen (secondary N) is 1. The Morgan fingerprint density at radius 1 is 1.50 bits per heavy atom. The summed E-state index contributed by atoms with van der Waals surface area (Å²) >= 11 is 0. The summed E-state index contributed by atoms with van der Waals surface area (Å²) in [5.41, 5.74) is 1.18. The van der Waals surface area contributed by atoms with Gasteiger partial charge in [-0.15, -0.1) is 0 Å². The zero-order valence-electron chi connectivity index (χ0n) is 7.18. The van der Waals surface area contributed by atoms with Crippen LogP contribution < -0.4 is 5.32 Å². The van der Waals surface area contributed by atoms with Crippen LogP contribution in [0.2, 0.25) is 0 Å². The Hall–Kier alpha value is -0.340. The Morgan fingerprint density at radius 2 is 2.00 bits per heavy atom. The van der Waals surface area contributed by atoms with E-state index in [1.54, 1.807) is 6.92 Å². The number of hydrogen-bond donors (Lipinski definition) is 2. The SMILES string of the molecule is CN[C@H](C)/C(C)=C/C(C)O. The minimum atomic E-state index is -0.337. The van der Waals surface area contributed by atoms with E-state index in [-0.39, 0.29) is 6.10 Å². The van der Waals surface area contributed by atoms with Gasteiger partial charge < -0.3 is 10.4 Å². The zero-order chi connectivity index (χ0) is 8.15. The molecule has 0 spiro atoms. The van der Waals surface area contributed by atoms with Crippen molar-refractivity contribution in [3.05, 3.63) is 11.6 Å². The van der Waals surface area contributed by atoms with Crippen LogP contribution in [0.4, 0.5) is 0 Å². The van der Waals surface area contributed by atoms with Crippen molar-refractivity contribution in [1.29, 1.82) is 0 Å². The highest BCUT2D eigenvalue weighted by molar-refractivity contribution is 5.07. The Balaban J connectivity index is 3.91. The van der Waals surface area contributed by atoms with E-state index in [1.807, 2.05) is 20.0 Å². The Morgan fingerprint density at radius 3 is 2.30 bits per heavy atom. The predicted octanol–water partition coefficient (Wildman–Crippen LogP) is 0.921. The number of hydrogen-bond acceptors (Lipinski definition) is 2. The van der Waals surface area contributed by atoms with Gasteiger partial charge in [0.2, 0.25) is 0 Å². The second kappa shape index (κ2) is 4.47. The van der Waals surface area contributed by atoms with Gasteiger partial charge in [-0.2, -0.15) is 0 Å². The van der Waals surface area contributed by atoms with Crippen LogP contribution in [0.3, 0.4) is 0 Å². The highest BCUT2D eigenvalue weighted by Crippen LogP contribution is 2.00. The summed E-state index contributed by atoms with van der Waals surface area (Å²) in [5, 5.41) is 12.1. The summed E-state index contributed by atoms with van der Waals surface area (Å²) in [7, 11) is 1.91. The summed E-state index contributed by atoms with van der Waals surface area (Å²) < 4.78 is 0. The molecule has 0 bridgehead atoms. The highest BCUT2D eigenvalue weighted by Gasteiger charge is 2.00. The smallest absolute Gasteiger partial charge is 0.0695 e. The van der Waals surface area contributed by atoms with E-state index in [2.05, 4.69) is 12.2 Å². The van der Waals surface area contributed by atoms with E-state index in [4.69, 9.17) is 5.11 Å². The lowest BCUT2D eigenvalue weighted by atomic mass is 10.1. The first-order valence-electron chi connectivity index (χ1n) is 3.61. The van der Waals surface area contributed by atoms with Gasteiger partial charge in [-0.3, -0.25) is 0 Å². The van der Waals surface area contributed by atoms with Crippen LogP contribution in [0.5, 0.6) is 0 Å². The molecule has 10 heavy (non-hydrogen) atoms. The molecule has 1 unspecified atom stereocenters. The fourth-order valence-corrected chi connectivity index (χ4v) is 0.752. The fourth-order valence-electron chi connectivity index (χ4n) is 0.752. The van der Waals surface area contributed by atoms with Crippen molar-refractivity contribution < 1.29 is 5.11 Å². The normalized spacial score (nSPS) is 18.7. The lowest BCUT2D eigenvalue weighted by molar-refractivity contribution is 0.242. The van der Waals surface area contributed by atoms with Crippen LogP contribution >= 0.6 is 0 Å². The van der Waals surface area contributed by atoms with Gasteiger partial charge in [0.15, 0.2) is 0 Å². The van der Waals surface area contributed by atoms with Crippen molar-refractivity contribution in [2.24, 2.45) is 0 Å². The van der Waals surface area contributed by atoms with Crippen LogP contribution in [0.15, 0.2) is 11.6 Å². The third kappa shape index (κ3) is 3.64. The average molecular weight is 143 g/mol. The third-order valence-corrected chi connectivity index (χ3v) is 1.62. The molecule has 2 heteroatoms. The molecule has 0 saturated heterocycles. The maximum Gasteiger partial charge on any atom is 0.0695 e. The van der Waals surface area contributed by atoms with E-state index >= 15 is 0 Å². The van der Waals surface area contributed by atoms with Crippen molar-refractivity contribution in [3.63, 3.8) is 0 Å². The van der Waals surface area contributed by atoms with Crippen LogP contribution in [0.1, 0.15) is 20.8 Å². The van der Waals surface area contributed by atoms with E-state index < -0.39 is 0 Å². The van der Waals surface area contributed by atoms with Gasteiger partial charge in [-0.05, 0) is 27.8 Å². The molecule has 0 heterocycles. The van der Waals surface area contributed by atoms with Gasteiger partial charge in [-0.1, -0.05) is 11.6 Å². The van der Waals surface area contributed by atoms with Crippen LogP contribution in [-0.4, -0.2) is 24.3 Å². The topological polar surface area (TPSA) is 32.3 Å². The molecule has 0 saturated carbocycles. The average Bonchev–Trinajstić information content (AvgIpc) is 1.85. The number of likely N-dealkylation sites (N-methyl/N-ethyl adjacent to an activating group) is 1. The molecule has 2 nitrogen and oxygen atoms in total. The first-order valence-corrected chi connectivity index (χ1v) is 3.61. The molecule has 2 N–H and O–H groups in total. The molecule has 0 aromatic rings. The Kier molecular flexibility index (Phi) is 4.32. The van der Waals surface area contributed by atoms with Crippen molar-refractivity contribution in [2.45, 2.75) is 32.9 Å². The van der Waals surface area contributed by atoms with E-state index in [0.717, 1.165) is 0 Å². The maximum atomic E-state index is 8.96. The quantitative estimate of drug-likeness (QED) is 0.576. The maximum absolute atomic E-state index is 8.96. The summed E-state index contributed by atoms with van der Waals surface area (Å²) in [6, 6.07) is 0.356. The van der Waals surface area contributed by atoms with Crippen molar-refractivity contribution in [2.75, 3.05) is 7.05 Å². The second-order valence-corrected chi connectivity index (χ2v) is 2.66. The summed E-state index contributed by atoms with van der Waals surface area (Å²) in [4.78, 5) is 0. The molecule has 0 aliphatic heterocycles. The minimum Gasteiger partial charge on any atom is -0.389 e. The third-order valence-electron chi connectivity index (χ3n) is 1.62. The van der Waals surface area contributed by atoms with E-state index in [1.165, 1.54) is 5.57 Å². The minimum absolute atomic E-state index is 0.337. The molecule has 0 aliphatic rings. The first-order chi connectivity index (χ1) is 4.57. The zero-order valence-corrected chi connectivity index (χ0v) is 7.18. The van der Waals surface area contributed by atoms with Crippen molar-refractivity contribution in [3.8, 4) is 0 Å². The van der Waals surface area contributed by atoms with Gasteiger partial charge in [-0.25, -0.2) is 0 Å². The van der Waals surface area contributed by atoms with E-state index in [0.29, 0.717) is 6.04 Å². The number of aliphatic hydroxyl groups is 1. The van der Waals surface area contributed by atoms with Crippen molar-refractivity contribution in [1.82, 2.24) is 5.32 Å². The molecule has 60 valence electrons. The molecule has 0 radical (unpaired) electrons. The van der Waals surface area contributed by atoms with Crippen LogP contribution in [0.25, 0.3) is 0 Å². The second-order valence-electron chi connectivity index (χ2n) is 2.66. The molecular formula is C8H17NO. The Labute approximate surface area is 62.9 Å². The number of rotatable bonds is 3. The summed E-state index contributed by atoms with van der Waals surface area (Å²) in [6.45, 7) is 5.83. The lowest BCUT2D eigenvalue weighted by Gasteiger charge is -2.11. The van der Waals surface area contributed by atoms with Crippen LogP contribution in [0, 0.1) is 0 Å². The summed E-state index contributed by atoms with van der Waals surface area (Å²) in [6.07, 6.45) is 1.51. The van der Waals surface area contributed by atoms with Gasteiger partial charge >= 0.3 is 0 Å². The molecule has 0 fully saturated rings. The Bertz CT molecular complexity index is 118. The standard InChI is InChI=1S/C8H17NO/c1-6(5-7(2)10)8(3)9-4/h5,7-10H,1-4H3/b6-5+/t7?,8-/m1/s1. The van der Waals surface area contributed by atoms with Gasteiger partial charge in [0, 0.05) is 6.04 Å². The molecule has 0 aromatic heterocycles. The number of aliphatic hydroxyl groups excluding tert-OH is 1.